The summed E-state index contributed by atoms with van der Waals surface area (Å²) in [5.41, 5.74) is -0.0524. The molecule has 1 aromatic carbocycles. The lowest BCUT2D eigenvalue weighted by molar-refractivity contribution is -0.0735. The highest BCUT2D eigenvalue weighted by Gasteiger charge is 2.42. The Kier molecular flexibility index (Phi) is 4.07. The molecule has 2 saturated heterocycles. The van der Waals surface area contributed by atoms with Gasteiger partial charge in [-0.25, -0.2) is 4.39 Å². The van der Waals surface area contributed by atoms with Crippen LogP contribution in [-0.4, -0.2) is 29.5 Å². The molecule has 0 aromatic heterocycles. The second kappa shape index (κ2) is 5.66. The van der Waals surface area contributed by atoms with Crippen molar-refractivity contribution >= 4 is 29.1 Å². The molecule has 0 amide bonds. The maximum atomic E-state index is 14.0. The van der Waals surface area contributed by atoms with Crippen molar-refractivity contribution in [3.05, 3.63) is 34.6 Å². The number of ether oxygens (including phenoxy) is 1. The van der Waals surface area contributed by atoms with Gasteiger partial charge in [0.1, 0.15) is 0 Å². The van der Waals surface area contributed by atoms with Gasteiger partial charge in [-0.15, -0.1) is 0 Å². The Hall–Kier alpha value is -0.580. The first-order chi connectivity index (χ1) is 9.61. The monoisotopic (exact) mass is 314 g/mol. The van der Waals surface area contributed by atoms with Crippen LogP contribution in [0.2, 0.25) is 5.02 Å². The van der Waals surface area contributed by atoms with Gasteiger partial charge in [-0.2, -0.15) is 11.8 Å². The largest absolute Gasteiger partial charge is 0.374 e. The van der Waals surface area contributed by atoms with E-state index in [2.05, 4.69) is 0 Å². The van der Waals surface area contributed by atoms with Crippen molar-refractivity contribution in [1.82, 2.24) is 0 Å². The van der Waals surface area contributed by atoms with Gasteiger partial charge in [-0.3, -0.25) is 4.79 Å². The Morgan fingerprint density at radius 2 is 2.35 bits per heavy atom. The molecule has 3 rings (SSSR count). The molecule has 2 atom stereocenters. The number of Topliss-reactive ketones (excluding diaryl/α,β-unsaturated/α-hetero) is 1. The zero-order chi connectivity index (χ0) is 14.2. The standard InChI is InChI=1S/C15H16ClFO2S/c16-12-3-1-2-11(13(12)17)14(18)10-4-6-19-15(8-10)5-7-20-9-15/h1-3,10H,4-9H2. The fourth-order valence-electron chi connectivity index (χ4n) is 3.03. The third-order valence-electron chi connectivity index (χ3n) is 4.15. The van der Waals surface area contributed by atoms with Crippen molar-refractivity contribution in [1.29, 1.82) is 0 Å². The highest BCUT2D eigenvalue weighted by molar-refractivity contribution is 7.99. The zero-order valence-corrected chi connectivity index (χ0v) is 12.6. The van der Waals surface area contributed by atoms with Crippen LogP contribution in [0.25, 0.3) is 0 Å². The Labute approximate surface area is 127 Å². The van der Waals surface area contributed by atoms with Crippen LogP contribution in [-0.2, 0) is 4.74 Å². The topological polar surface area (TPSA) is 26.3 Å². The molecule has 20 heavy (non-hydrogen) atoms. The number of carbonyl (C=O) groups excluding carboxylic acids is 1. The quantitative estimate of drug-likeness (QED) is 0.773. The molecule has 0 bridgehead atoms. The van der Waals surface area contributed by atoms with Crippen molar-refractivity contribution in [2.45, 2.75) is 24.9 Å². The van der Waals surface area contributed by atoms with E-state index >= 15 is 0 Å². The van der Waals surface area contributed by atoms with Crippen molar-refractivity contribution in [2.75, 3.05) is 18.1 Å². The fraction of sp³-hybridized carbons (Fsp3) is 0.533. The molecule has 5 heteroatoms. The normalized spacial score (nSPS) is 29.8. The van der Waals surface area contributed by atoms with Gasteiger partial charge in [0.15, 0.2) is 11.6 Å². The lowest BCUT2D eigenvalue weighted by Crippen LogP contribution is -2.42. The third kappa shape index (κ3) is 2.61. The highest BCUT2D eigenvalue weighted by atomic mass is 35.5. The molecule has 2 fully saturated rings. The van der Waals surface area contributed by atoms with E-state index in [9.17, 15) is 9.18 Å². The van der Waals surface area contributed by atoms with E-state index in [4.69, 9.17) is 16.3 Å². The predicted molar refractivity (Wildman–Crippen MR) is 79.1 cm³/mol. The van der Waals surface area contributed by atoms with Crippen LogP contribution in [0.5, 0.6) is 0 Å². The first-order valence-corrected chi connectivity index (χ1v) is 8.34. The minimum Gasteiger partial charge on any atom is -0.374 e. The summed E-state index contributed by atoms with van der Waals surface area (Å²) >= 11 is 7.63. The average Bonchev–Trinajstić information content (AvgIpc) is 2.89. The van der Waals surface area contributed by atoms with Crippen molar-refractivity contribution < 1.29 is 13.9 Å². The summed E-state index contributed by atoms with van der Waals surface area (Å²) in [6, 6.07) is 4.61. The fourth-order valence-corrected chi connectivity index (χ4v) is 4.58. The predicted octanol–water partition coefficient (Wildman–Crippen LogP) is 3.96. The first kappa shape index (κ1) is 14.4. The minimum atomic E-state index is -0.597. The van der Waals surface area contributed by atoms with Gasteiger partial charge in [0, 0.05) is 18.3 Å². The zero-order valence-electron chi connectivity index (χ0n) is 11.0. The van der Waals surface area contributed by atoms with E-state index in [1.165, 1.54) is 12.1 Å². The van der Waals surface area contributed by atoms with Crippen molar-refractivity contribution in [2.24, 2.45) is 5.92 Å². The average molecular weight is 315 g/mol. The van der Waals surface area contributed by atoms with Gasteiger partial charge in [0.2, 0.25) is 0 Å². The number of ketones is 1. The number of carbonyl (C=O) groups is 1. The Balaban J connectivity index is 1.81. The van der Waals surface area contributed by atoms with Crippen LogP contribution in [0.3, 0.4) is 0 Å². The molecule has 0 saturated carbocycles. The van der Waals surface area contributed by atoms with E-state index in [0.717, 1.165) is 17.9 Å². The van der Waals surface area contributed by atoms with Crippen molar-refractivity contribution in [3.8, 4) is 0 Å². The molecule has 1 aromatic rings. The first-order valence-electron chi connectivity index (χ1n) is 6.81. The van der Waals surface area contributed by atoms with Gasteiger partial charge in [-0.05, 0) is 37.1 Å². The van der Waals surface area contributed by atoms with Crippen LogP contribution in [0.1, 0.15) is 29.6 Å². The summed E-state index contributed by atoms with van der Waals surface area (Å²) < 4.78 is 19.9. The Morgan fingerprint density at radius 1 is 1.50 bits per heavy atom. The van der Waals surface area contributed by atoms with E-state index < -0.39 is 5.82 Å². The molecule has 0 aliphatic carbocycles. The maximum absolute atomic E-state index is 14.0. The molecule has 2 nitrogen and oxygen atoms in total. The molecular formula is C15H16ClFO2S. The summed E-state index contributed by atoms with van der Waals surface area (Å²) in [6.07, 6.45) is 2.35. The molecule has 108 valence electrons. The number of hydrogen-bond acceptors (Lipinski definition) is 3. The molecular weight excluding hydrogens is 299 g/mol. The molecule has 1 spiro atoms. The van der Waals surface area contributed by atoms with Crippen LogP contribution >= 0.6 is 23.4 Å². The minimum absolute atomic E-state index is 0.00837. The van der Waals surface area contributed by atoms with Gasteiger partial charge in [-0.1, -0.05) is 17.7 Å². The van der Waals surface area contributed by atoms with Gasteiger partial charge in [0.05, 0.1) is 16.2 Å². The number of thioether (sulfide) groups is 1. The summed E-state index contributed by atoms with van der Waals surface area (Å²) in [6.45, 7) is 0.582. The van der Waals surface area contributed by atoms with Crippen LogP contribution in [0.15, 0.2) is 18.2 Å². The number of halogens is 2. The molecule has 0 radical (unpaired) electrons. The highest BCUT2D eigenvalue weighted by Crippen LogP contribution is 2.41. The number of hydrogen-bond donors (Lipinski definition) is 0. The summed E-state index contributed by atoms with van der Waals surface area (Å²) in [7, 11) is 0. The lowest BCUT2D eigenvalue weighted by atomic mass is 9.81. The van der Waals surface area contributed by atoms with Crippen LogP contribution in [0, 0.1) is 11.7 Å². The van der Waals surface area contributed by atoms with Crippen LogP contribution < -0.4 is 0 Å². The second-order valence-corrected chi connectivity index (χ2v) is 7.00. The lowest BCUT2D eigenvalue weighted by Gasteiger charge is -2.37. The van der Waals surface area contributed by atoms with Crippen molar-refractivity contribution in [3.63, 3.8) is 0 Å². The summed E-state index contributed by atoms with van der Waals surface area (Å²) in [4.78, 5) is 12.6. The Morgan fingerprint density at radius 3 is 3.10 bits per heavy atom. The smallest absolute Gasteiger partial charge is 0.169 e. The van der Waals surface area contributed by atoms with E-state index in [1.54, 1.807) is 6.07 Å². The number of rotatable bonds is 2. The van der Waals surface area contributed by atoms with Crippen LogP contribution in [0.4, 0.5) is 4.39 Å². The molecule has 2 heterocycles. The van der Waals surface area contributed by atoms with Gasteiger partial charge < -0.3 is 4.74 Å². The maximum Gasteiger partial charge on any atom is 0.169 e. The van der Waals surface area contributed by atoms with E-state index in [1.807, 2.05) is 11.8 Å². The summed E-state index contributed by atoms with van der Waals surface area (Å²) in [5.74, 6) is 1.13. The van der Waals surface area contributed by atoms with Gasteiger partial charge >= 0.3 is 0 Å². The summed E-state index contributed by atoms with van der Waals surface area (Å²) in [5, 5.41) is 0.00837. The number of benzene rings is 1. The van der Waals surface area contributed by atoms with E-state index in [-0.39, 0.29) is 27.9 Å². The van der Waals surface area contributed by atoms with E-state index in [0.29, 0.717) is 19.4 Å². The Bertz CT molecular complexity index is 529. The third-order valence-corrected chi connectivity index (χ3v) is 5.66. The SMILES string of the molecule is O=C(c1cccc(Cl)c1F)C1CCOC2(CCSC2)C1. The molecule has 2 aliphatic heterocycles. The molecule has 2 unspecified atom stereocenters. The second-order valence-electron chi connectivity index (χ2n) is 5.49. The molecule has 0 N–H and O–H groups in total. The molecule has 2 aliphatic rings. The van der Waals surface area contributed by atoms with Gasteiger partial charge in [0.25, 0.3) is 0 Å².